The van der Waals surface area contributed by atoms with Crippen LogP contribution in [0.3, 0.4) is 0 Å². The summed E-state index contributed by atoms with van der Waals surface area (Å²) in [6, 6.07) is 9.60. The van der Waals surface area contributed by atoms with Gasteiger partial charge in [-0.3, -0.25) is 9.59 Å². The molecule has 8 heteroatoms. The second-order valence-corrected chi connectivity index (χ2v) is 7.25. The maximum absolute atomic E-state index is 13.0. The number of hydrogen-bond acceptors (Lipinski definition) is 3. The van der Waals surface area contributed by atoms with E-state index in [4.69, 9.17) is 27.9 Å². The first-order chi connectivity index (χ1) is 13.8. The summed E-state index contributed by atoms with van der Waals surface area (Å²) in [6.07, 6.45) is 0.774. The molecule has 0 saturated heterocycles. The lowest BCUT2D eigenvalue weighted by molar-refractivity contribution is -0.142. The average molecular weight is 441 g/mol. The molecule has 0 aliphatic carbocycles. The van der Waals surface area contributed by atoms with Crippen LogP contribution in [0.25, 0.3) is 0 Å². The third-order valence-electron chi connectivity index (χ3n) is 4.28. The zero-order valence-corrected chi connectivity index (χ0v) is 17.8. The Morgan fingerprint density at radius 1 is 1.14 bits per heavy atom. The number of halogens is 3. The van der Waals surface area contributed by atoms with Crippen LogP contribution in [-0.2, 0) is 16.1 Å². The fourth-order valence-electron chi connectivity index (χ4n) is 2.59. The van der Waals surface area contributed by atoms with Gasteiger partial charge in [-0.05, 0) is 49.7 Å². The molecule has 2 aromatic carbocycles. The van der Waals surface area contributed by atoms with Crippen molar-refractivity contribution in [2.45, 2.75) is 32.9 Å². The SMILES string of the molecule is CCCNC(=O)[C@@H](C)N(Cc1c(Cl)cccc1Cl)C(=O)COc1ccc(F)cc1. The van der Waals surface area contributed by atoms with E-state index in [-0.39, 0.29) is 19.1 Å². The average Bonchev–Trinajstić information content (AvgIpc) is 2.70. The van der Waals surface area contributed by atoms with E-state index in [0.717, 1.165) is 6.42 Å². The van der Waals surface area contributed by atoms with E-state index in [2.05, 4.69) is 5.32 Å². The van der Waals surface area contributed by atoms with E-state index in [1.807, 2.05) is 6.92 Å². The summed E-state index contributed by atoms with van der Waals surface area (Å²) in [4.78, 5) is 26.7. The van der Waals surface area contributed by atoms with Crippen LogP contribution >= 0.6 is 23.2 Å². The van der Waals surface area contributed by atoms with Gasteiger partial charge >= 0.3 is 0 Å². The predicted molar refractivity (Wildman–Crippen MR) is 112 cm³/mol. The summed E-state index contributed by atoms with van der Waals surface area (Å²) in [5.74, 6) is -0.770. The summed E-state index contributed by atoms with van der Waals surface area (Å²) < 4.78 is 18.5. The molecule has 5 nitrogen and oxygen atoms in total. The minimum absolute atomic E-state index is 0.0465. The number of carbonyl (C=O) groups excluding carboxylic acids is 2. The fraction of sp³-hybridized carbons (Fsp3) is 0.333. The second kappa shape index (κ2) is 11.0. The topological polar surface area (TPSA) is 58.6 Å². The summed E-state index contributed by atoms with van der Waals surface area (Å²) in [5, 5.41) is 3.58. The number of nitrogens with zero attached hydrogens (tertiary/aromatic N) is 1. The molecule has 0 aliphatic heterocycles. The number of benzene rings is 2. The molecule has 0 fully saturated rings. The molecule has 0 unspecified atom stereocenters. The van der Waals surface area contributed by atoms with E-state index < -0.39 is 17.8 Å². The second-order valence-electron chi connectivity index (χ2n) is 6.43. The smallest absolute Gasteiger partial charge is 0.261 e. The molecular weight excluding hydrogens is 418 g/mol. The van der Waals surface area contributed by atoms with Crippen molar-refractivity contribution in [3.63, 3.8) is 0 Å². The lowest BCUT2D eigenvalue weighted by atomic mass is 10.1. The Kier molecular flexibility index (Phi) is 8.73. The Morgan fingerprint density at radius 2 is 1.76 bits per heavy atom. The number of rotatable bonds is 9. The third kappa shape index (κ3) is 6.61. The molecule has 2 rings (SSSR count). The van der Waals surface area contributed by atoms with Gasteiger partial charge < -0.3 is 15.0 Å². The summed E-state index contributed by atoms with van der Waals surface area (Å²) in [7, 11) is 0. The standard InChI is InChI=1S/C21H23Cl2FN2O3/c1-3-11-25-21(28)14(2)26(12-17-18(22)5-4-6-19(17)23)20(27)13-29-16-9-7-15(24)8-10-16/h4-10,14H,3,11-13H2,1-2H3,(H,25,28)/t14-/m1/s1. The molecule has 0 radical (unpaired) electrons. The molecule has 29 heavy (non-hydrogen) atoms. The predicted octanol–water partition coefficient (Wildman–Crippen LogP) is 4.45. The Morgan fingerprint density at radius 3 is 2.34 bits per heavy atom. The highest BCUT2D eigenvalue weighted by atomic mass is 35.5. The van der Waals surface area contributed by atoms with E-state index in [0.29, 0.717) is 27.9 Å². The van der Waals surface area contributed by atoms with Gasteiger partial charge in [0.2, 0.25) is 5.91 Å². The van der Waals surface area contributed by atoms with E-state index in [1.165, 1.54) is 29.2 Å². The highest BCUT2D eigenvalue weighted by molar-refractivity contribution is 6.36. The molecule has 1 atom stereocenters. The van der Waals surface area contributed by atoms with Crippen LogP contribution in [0.15, 0.2) is 42.5 Å². The monoisotopic (exact) mass is 440 g/mol. The molecule has 0 aromatic heterocycles. The van der Waals surface area contributed by atoms with Crippen molar-refractivity contribution < 1.29 is 18.7 Å². The van der Waals surface area contributed by atoms with Crippen LogP contribution in [0, 0.1) is 5.82 Å². The molecule has 2 aromatic rings. The largest absolute Gasteiger partial charge is 0.484 e. The Bertz CT molecular complexity index is 826. The number of amides is 2. The zero-order valence-electron chi connectivity index (χ0n) is 16.3. The van der Waals surface area contributed by atoms with Gasteiger partial charge in [0.25, 0.3) is 5.91 Å². The molecule has 1 N–H and O–H groups in total. The summed E-state index contributed by atoms with van der Waals surface area (Å²) in [6.45, 7) is 3.80. The fourth-order valence-corrected chi connectivity index (χ4v) is 3.11. The number of carbonyl (C=O) groups is 2. The van der Waals surface area contributed by atoms with Crippen molar-refractivity contribution in [2.24, 2.45) is 0 Å². The molecule has 2 amide bonds. The first-order valence-electron chi connectivity index (χ1n) is 9.22. The molecule has 0 aliphatic rings. The number of nitrogens with one attached hydrogen (secondary N) is 1. The maximum Gasteiger partial charge on any atom is 0.261 e. The van der Waals surface area contributed by atoms with Crippen molar-refractivity contribution in [3.05, 3.63) is 63.9 Å². The Hall–Kier alpha value is -2.31. The lowest BCUT2D eigenvalue weighted by Gasteiger charge is -2.29. The van der Waals surface area contributed by atoms with Crippen molar-refractivity contribution in [1.29, 1.82) is 0 Å². The molecule has 156 valence electrons. The van der Waals surface area contributed by atoms with Crippen LogP contribution in [0.1, 0.15) is 25.8 Å². The van der Waals surface area contributed by atoms with Crippen molar-refractivity contribution in [3.8, 4) is 5.75 Å². The van der Waals surface area contributed by atoms with E-state index in [1.54, 1.807) is 25.1 Å². The van der Waals surface area contributed by atoms with Gasteiger partial charge in [0.05, 0.1) is 0 Å². The van der Waals surface area contributed by atoms with E-state index >= 15 is 0 Å². The zero-order chi connectivity index (χ0) is 21.4. The Labute approximate surface area is 179 Å². The van der Waals surface area contributed by atoms with Gasteiger partial charge in [-0.25, -0.2) is 4.39 Å². The van der Waals surface area contributed by atoms with Gasteiger partial charge in [-0.1, -0.05) is 36.2 Å². The number of hydrogen-bond donors (Lipinski definition) is 1. The highest BCUT2D eigenvalue weighted by Gasteiger charge is 2.27. The van der Waals surface area contributed by atoms with Gasteiger partial charge in [-0.2, -0.15) is 0 Å². The van der Waals surface area contributed by atoms with Crippen molar-refractivity contribution in [1.82, 2.24) is 10.2 Å². The van der Waals surface area contributed by atoms with Gasteiger partial charge in [-0.15, -0.1) is 0 Å². The maximum atomic E-state index is 13.0. The van der Waals surface area contributed by atoms with Gasteiger partial charge in [0.1, 0.15) is 17.6 Å². The minimum Gasteiger partial charge on any atom is -0.484 e. The Balaban J connectivity index is 2.19. The van der Waals surface area contributed by atoms with Crippen LogP contribution < -0.4 is 10.1 Å². The van der Waals surface area contributed by atoms with Crippen LogP contribution in [-0.4, -0.2) is 35.9 Å². The van der Waals surface area contributed by atoms with Crippen LogP contribution in [0.2, 0.25) is 10.0 Å². The summed E-state index contributed by atoms with van der Waals surface area (Å²) >= 11 is 12.5. The van der Waals surface area contributed by atoms with Crippen molar-refractivity contribution in [2.75, 3.05) is 13.2 Å². The van der Waals surface area contributed by atoms with Gasteiger partial charge in [0.15, 0.2) is 6.61 Å². The first-order valence-corrected chi connectivity index (χ1v) is 9.97. The molecule has 0 heterocycles. The van der Waals surface area contributed by atoms with Crippen molar-refractivity contribution >= 4 is 35.0 Å². The third-order valence-corrected chi connectivity index (χ3v) is 4.99. The molecule has 0 bridgehead atoms. The quantitative estimate of drug-likeness (QED) is 0.626. The van der Waals surface area contributed by atoms with Crippen LogP contribution in [0.5, 0.6) is 5.75 Å². The summed E-state index contributed by atoms with van der Waals surface area (Å²) in [5.41, 5.74) is 0.543. The molecular formula is C21H23Cl2FN2O3. The number of ether oxygens (including phenoxy) is 1. The van der Waals surface area contributed by atoms with E-state index in [9.17, 15) is 14.0 Å². The van der Waals surface area contributed by atoms with Gasteiger partial charge in [0, 0.05) is 28.7 Å². The molecule has 0 saturated carbocycles. The molecule has 0 spiro atoms. The lowest BCUT2D eigenvalue weighted by Crippen LogP contribution is -2.49. The van der Waals surface area contributed by atoms with Crippen LogP contribution in [0.4, 0.5) is 4.39 Å². The highest BCUT2D eigenvalue weighted by Crippen LogP contribution is 2.26. The normalized spacial score (nSPS) is 11.6. The first kappa shape index (κ1) is 23.0. The minimum atomic E-state index is -0.766.